The Hall–Kier alpha value is -0.180. The maximum atomic E-state index is 2.78. The van der Waals surface area contributed by atoms with Gasteiger partial charge in [0.15, 0.2) is 0 Å². The van der Waals surface area contributed by atoms with Gasteiger partial charge in [-0.15, -0.1) is 17.0 Å². The summed E-state index contributed by atoms with van der Waals surface area (Å²) in [7, 11) is 0. The highest BCUT2D eigenvalue weighted by atomic mass is 79.9. The summed E-state index contributed by atoms with van der Waals surface area (Å²) in [5.74, 6) is 3.17. The van der Waals surface area contributed by atoms with Crippen molar-refractivity contribution in [3.05, 3.63) is 12.4 Å². The van der Waals surface area contributed by atoms with E-state index in [1.54, 1.807) is 19.3 Å². The maximum absolute atomic E-state index is 2.78. The normalized spacial score (nSPS) is 30.3. The molecule has 0 unspecified atom stereocenters. The van der Waals surface area contributed by atoms with E-state index in [0.29, 0.717) is 5.54 Å². The second kappa shape index (κ2) is 13.6. The molecule has 0 spiro atoms. The van der Waals surface area contributed by atoms with E-state index < -0.39 is 0 Å². The summed E-state index contributed by atoms with van der Waals surface area (Å²) in [6, 6.07) is 0. The summed E-state index contributed by atoms with van der Waals surface area (Å²) in [4.78, 5) is 5.39. The highest BCUT2D eigenvalue weighted by Gasteiger charge is 2.53. The van der Waals surface area contributed by atoms with Gasteiger partial charge in [0, 0.05) is 24.5 Å². The molecule has 5 rings (SSSR count). The SMILES string of the molecule is Br.CCCCCCCCCCCCCCCCN1C=CN(C23CC4CC(CC(C4)C2)C3)C1. The molecule has 4 aliphatic carbocycles. The quantitative estimate of drug-likeness (QED) is 0.192. The second-order valence-electron chi connectivity index (χ2n) is 12.0. The molecule has 0 saturated heterocycles. The van der Waals surface area contributed by atoms with Gasteiger partial charge in [-0.2, -0.15) is 0 Å². The van der Waals surface area contributed by atoms with Crippen LogP contribution in [0, 0.1) is 17.8 Å². The number of unbranched alkanes of at least 4 members (excludes halogenated alkanes) is 13. The molecule has 0 radical (unpaired) electrons. The van der Waals surface area contributed by atoms with E-state index in [9.17, 15) is 0 Å². The van der Waals surface area contributed by atoms with Crippen molar-refractivity contribution in [3.63, 3.8) is 0 Å². The molecule has 186 valence electrons. The van der Waals surface area contributed by atoms with Gasteiger partial charge in [-0.05, 0) is 62.7 Å². The van der Waals surface area contributed by atoms with Crippen molar-refractivity contribution in [1.29, 1.82) is 0 Å². The zero-order valence-corrected chi connectivity index (χ0v) is 23.0. The minimum absolute atomic E-state index is 0. The van der Waals surface area contributed by atoms with Crippen LogP contribution in [0.2, 0.25) is 0 Å². The van der Waals surface area contributed by atoms with E-state index in [4.69, 9.17) is 0 Å². The molecule has 4 fully saturated rings. The largest absolute Gasteiger partial charge is 0.359 e. The first-order valence-electron chi connectivity index (χ1n) is 14.5. The van der Waals surface area contributed by atoms with Crippen molar-refractivity contribution < 1.29 is 0 Å². The van der Waals surface area contributed by atoms with Crippen molar-refractivity contribution in [2.75, 3.05) is 13.2 Å². The van der Waals surface area contributed by atoms with Crippen LogP contribution in [0.25, 0.3) is 0 Å². The average molecular weight is 510 g/mol. The highest BCUT2D eigenvalue weighted by Crippen LogP contribution is 2.58. The molecule has 3 heteroatoms. The second-order valence-corrected chi connectivity index (χ2v) is 12.0. The summed E-state index contributed by atoms with van der Waals surface area (Å²) in [5, 5.41) is 0. The fraction of sp³-hybridized carbons (Fsp3) is 0.931. The summed E-state index contributed by atoms with van der Waals surface area (Å²) in [6.45, 7) is 4.77. The lowest BCUT2D eigenvalue weighted by atomic mass is 9.52. The van der Waals surface area contributed by atoms with Crippen LogP contribution in [0.1, 0.15) is 135 Å². The lowest BCUT2D eigenvalue weighted by molar-refractivity contribution is -0.0750. The summed E-state index contributed by atoms with van der Waals surface area (Å²) >= 11 is 0. The van der Waals surface area contributed by atoms with Crippen LogP contribution < -0.4 is 0 Å². The summed E-state index contributed by atoms with van der Waals surface area (Å²) in [6.07, 6.45) is 34.4. The van der Waals surface area contributed by atoms with Crippen LogP contribution in [-0.2, 0) is 0 Å². The Kier molecular flexibility index (Phi) is 11.3. The molecule has 1 aliphatic heterocycles. The van der Waals surface area contributed by atoms with Gasteiger partial charge in [-0.3, -0.25) is 0 Å². The molecule has 0 atom stereocenters. The molecule has 0 aromatic heterocycles. The molecular weight excluding hydrogens is 456 g/mol. The molecule has 1 heterocycles. The number of halogens is 1. The molecule has 0 amide bonds. The number of rotatable bonds is 16. The highest BCUT2D eigenvalue weighted by molar-refractivity contribution is 8.93. The Bertz CT molecular complexity index is 510. The average Bonchev–Trinajstić information content (AvgIpc) is 3.23. The molecule has 0 N–H and O–H groups in total. The van der Waals surface area contributed by atoms with Crippen LogP contribution in [-0.4, -0.2) is 28.6 Å². The number of nitrogens with zero attached hydrogens (tertiary/aromatic N) is 2. The third-order valence-electron chi connectivity index (χ3n) is 9.21. The molecule has 4 saturated carbocycles. The topological polar surface area (TPSA) is 6.48 Å². The number of hydrogen-bond acceptors (Lipinski definition) is 2. The Morgan fingerprint density at radius 2 is 1.06 bits per heavy atom. The molecule has 5 aliphatic rings. The Balaban J connectivity index is 0.00000289. The van der Waals surface area contributed by atoms with Gasteiger partial charge in [0.2, 0.25) is 0 Å². The first kappa shape index (κ1) is 26.4. The lowest BCUT2D eigenvalue weighted by Crippen LogP contribution is -2.58. The number of hydrogen-bond donors (Lipinski definition) is 0. The first-order valence-corrected chi connectivity index (χ1v) is 14.5. The fourth-order valence-corrected chi connectivity index (χ4v) is 7.84. The zero-order chi connectivity index (χ0) is 21.4. The van der Waals surface area contributed by atoms with E-state index in [2.05, 4.69) is 29.1 Å². The van der Waals surface area contributed by atoms with Crippen molar-refractivity contribution in [3.8, 4) is 0 Å². The molecular formula is C29H53BrN2. The maximum Gasteiger partial charge on any atom is 0.0898 e. The predicted octanol–water partition coefficient (Wildman–Crippen LogP) is 9.06. The van der Waals surface area contributed by atoms with Gasteiger partial charge in [-0.1, -0.05) is 90.4 Å². The van der Waals surface area contributed by atoms with Crippen molar-refractivity contribution >= 4 is 17.0 Å². The van der Waals surface area contributed by atoms with Gasteiger partial charge < -0.3 is 9.80 Å². The standard InChI is InChI=1S/C29H52N2.BrH/c1-2-3-4-5-6-7-8-9-10-11-12-13-14-15-16-30-17-18-31(25-30)29-22-26-19-27(23-29)21-28(20-26)24-29;/h17-18,26-28H,2-16,19-25H2,1H3;1H. The van der Waals surface area contributed by atoms with Gasteiger partial charge in [0.25, 0.3) is 0 Å². The molecule has 32 heavy (non-hydrogen) atoms. The minimum atomic E-state index is 0. The van der Waals surface area contributed by atoms with E-state index >= 15 is 0 Å². The van der Waals surface area contributed by atoms with Gasteiger partial charge in [0.05, 0.1) is 6.67 Å². The van der Waals surface area contributed by atoms with E-state index in [1.807, 2.05) is 0 Å². The third kappa shape index (κ3) is 7.41. The molecule has 0 aromatic carbocycles. The van der Waals surface area contributed by atoms with Crippen LogP contribution >= 0.6 is 17.0 Å². The Morgan fingerprint density at radius 3 is 1.53 bits per heavy atom. The van der Waals surface area contributed by atoms with Gasteiger partial charge in [0.1, 0.15) is 0 Å². The van der Waals surface area contributed by atoms with Crippen LogP contribution in [0.3, 0.4) is 0 Å². The predicted molar refractivity (Wildman–Crippen MR) is 144 cm³/mol. The Morgan fingerprint density at radius 1 is 0.625 bits per heavy atom. The van der Waals surface area contributed by atoms with Crippen LogP contribution in [0.5, 0.6) is 0 Å². The third-order valence-corrected chi connectivity index (χ3v) is 9.21. The van der Waals surface area contributed by atoms with Crippen molar-refractivity contribution in [2.45, 2.75) is 141 Å². The molecule has 4 bridgehead atoms. The van der Waals surface area contributed by atoms with E-state index in [1.165, 1.54) is 122 Å². The first-order chi connectivity index (χ1) is 15.3. The Labute approximate surface area is 210 Å². The summed E-state index contributed by atoms with van der Waals surface area (Å²) in [5.41, 5.74) is 0.551. The van der Waals surface area contributed by atoms with Gasteiger partial charge in [-0.25, -0.2) is 0 Å². The van der Waals surface area contributed by atoms with E-state index in [-0.39, 0.29) is 17.0 Å². The smallest absolute Gasteiger partial charge is 0.0898 e. The monoisotopic (exact) mass is 508 g/mol. The molecule has 0 aromatic rings. The van der Waals surface area contributed by atoms with Crippen LogP contribution in [0.4, 0.5) is 0 Å². The van der Waals surface area contributed by atoms with Crippen molar-refractivity contribution in [2.24, 2.45) is 17.8 Å². The van der Waals surface area contributed by atoms with Crippen LogP contribution in [0.15, 0.2) is 12.4 Å². The zero-order valence-electron chi connectivity index (χ0n) is 21.2. The van der Waals surface area contributed by atoms with Gasteiger partial charge >= 0.3 is 0 Å². The summed E-state index contributed by atoms with van der Waals surface area (Å²) < 4.78 is 0. The van der Waals surface area contributed by atoms with E-state index in [0.717, 1.165) is 17.8 Å². The minimum Gasteiger partial charge on any atom is -0.359 e. The van der Waals surface area contributed by atoms with Crippen molar-refractivity contribution in [1.82, 2.24) is 9.80 Å². The fourth-order valence-electron chi connectivity index (χ4n) is 7.84. The molecule has 2 nitrogen and oxygen atoms in total. The lowest BCUT2D eigenvalue weighted by Gasteiger charge is -2.60.